The summed E-state index contributed by atoms with van der Waals surface area (Å²) < 4.78 is 26.3. The zero-order chi connectivity index (χ0) is 47.7. The highest BCUT2D eigenvalue weighted by molar-refractivity contribution is 9.09. The van der Waals surface area contributed by atoms with Gasteiger partial charge in [-0.1, -0.05) is 58.7 Å². The number of benzene rings is 2. The van der Waals surface area contributed by atoms with Gasteiger partial charge in [0, 0.05) is 37.7 Å². The predicted octanol–water partition coefficient (Wildman–Crippen LogP) is 3.81. The molecule has 0 aromatic heterocycles. The molecule has 6 rings (SSSR count). The smallest absolute Gasteiger partial charge is 0.328 e. The number of esters is 2. The lowest BCUT2D eigenvalue weighted by Crippen LogP contribution is -2.61. The number of hydrogen-bond acceptors (Lipinski definition) is 10. The molecular formula is C47H61BrFN7O10. The summed E-state index contributed by atoms with van der Waals surface area (Å²) in [5.41, 5.74) is 2.09. The summed E-state index contributed by atoms with van der Waals surface area (Å²) in [6, 6.07) is 3.87. The van der Waals surface area contributed by atoms with Crippen molar-refractivity contribution in [3.05, 3.63) is 65.0 Å². The van der Waals surface area contributed by atoms with E-state index < -0.39 is 95.7 Å². The fraction of sp³-hybridized carbons (Fsp3) is 0.574. The van der Waals surface area contributed by atoms with Gasteiger partial charge in [-0.05, 0) is 94.9 Å². The number of aryl methyl sites for hydroxylation is 2. The van der Waals surface area contributed by atoms with Gasteiger partial charge in [-0.25, -0.2) is 14.0 Å². The standard InChI is InChI=1S/C47H61BrFN7O10/c1-27-10-7-11-31(20-27)23-36(53-47(64)52-34-16-15-28(2)21-33(34)49)41(58)51-35-12-9-19-65-46(63)39-22-29(3)25-55(39)43(60)30(4)50-42(59)37-13-5-6-18-54(37)45(62)38-24-32(26-56(38)44(35)61)66-40(57)14-8-17-48/h7,10-11,15-16,20-21,29-30,32,35-39H,5-6,8-9,12-14,17-19,22-26H2,1-4H3,(H,50,59)(H,51,58)(H2,52,53,64)/t29-,30+,32-,35+,36+,37+,38+,39+/m1/s1. The van der Waals surface area contributed by atoms with Crippen molar-refractivity contribution in [1.82, 2.24) is 30.7 Å². The van der Waals surface area contributed by atoms with Crippen molar-refractivity contribution in [2.75, 3.05) is 36.9 Å². The second-order valence-corrected chi connectivity index (χ2v) is 18.8. The maximum absolute atomic E-state index is 15.0. The molecule has 4 N–H and O–H groups in total. The minimum atomic E-state index is -1.36. The van der Waals surface area contributed by atoms with Crippen molar-refractivity contribution in [2.45, 2.75) is 134 Å². The van der Waals surface area contributed by atoms with E-state index in [9.17, 15) is 38.0 Å². The van der Waals surface area contributed by atoms with Gasteiger partial charge >= 0.3 is 18.0 Å². The fourth-order valence-electron chi connectivity index (χ4n) is 9.22. The zero-order valence-electron chi connectivity index (χ0n) is 37.9. The van der Waals surface area contributed by atoms with Gasteiger partial charge in [0.15, 0.2) is 0 Å². The highest BCUT2D eigenvalue weighted by Gasteiger charge is 2.48. The van der Waals surface area contributed by atoms with E-state index in [1.54, 1.807) is 25.1 Å². The largest absolute Gasteiger partial charge is 0.464 e. The average molecular weight is 983 g/mol. The molecule has 4 fully saturated rings. The Balaban J connectivity index is 1.33. The molecule has 66 heavy (non-hydrogen) atoms. The summed E-state index contributed by atoms with van der Waals surface area (Å²) >= 11 is 3.32. The second kappa shape index (κ2) is 22.7. The van der Waals surface area contributed by atoms with Crippen LogP contribution in [0, 0.1) is 25.6 Å². The molecule has 4 aliphatic heterocycles. The van der Waals surface area contributed by atoms with Crippen LogP contribution in [0.2, 0.25) is 0 Å². The molecule has 4 aliphatic rings. The third kappa shape index (κ3) is 12.6. The number of urea groups is 1. The third-order valence-electron chi connectivity index (χ3n) is 12.5. The first-order valence-corrected chi connectivity index (χ1v) is 24.0. The van der Waals surface area contributed by atoms with Crippen LogP contribution in [0.5, 0.6) is 0 Å². The Morgan fingerprint density at radius 3 is 2.38 bits per heavy atom. The Morgan fingerprint density at radius 1 is 0.879 bits per heavy atom. The van der Waals surface area contributed by atoms with Gasteiger partial charge in [0.1, 0.15) is 48.2 Å². The molecule has 7 amide bonds. The van der Waals surface area contributed by atoms with Gasteiger partial charge < -0.3 is 45.4 Å². The first kappa shape index (κ1) is 49.8. The minimum Gasteiger partial charge on any atom is -0.464 e. The van der Waals surface area contributed by atoms with Crippen molar-refractivity contribution in [1.29, 1.82) is 0 Å². The maximum Gasteiger partial charge on any atom is 0.328 e. The number of fused-ring (bicyclic) bond motifs is 3. The van der Waals surface area contributed by atoms with E-state index in [-0.39, 0.29) is 76.4 Å². The number of cyclic esters (lactones) is 1. The Labute approximate surface area is 392 Å². The summed E-state index contributed by atoms with van der Waals surface area (Å²) in [4.78, 5) is 116. The lowest BCUT2D eigenvalue weighted by atomic mass is 9.98. The predicted molar refractivity (Wildman–Crippen MR) is 243 cm³/mol. The number of piperidine rings is 1. The van der Waals surface area contributed by atoms with Gasteiger partial charge in [-0.3, -0.25) is 28.8 Å². The summed E-state index contributed by atoms with van der Waals surface area (Å²) in [6.07, 6.45) is 1.35. The highest BCUT2D eigenvalue weighted by atomic mass is 79.9. The Morgan fingerprint density at radius 2 is 1.64 bits per heavy atom. The molecule has 4 heterocycles. The molecule has 2 aromatic rings. The molecule has 0 spiro atoms. The second-order valence-electron chi connectivity index (χ2n) is 18.0. The van der Waals surface area contributed by atoms with Crippen LogP contribution < -0.4 is 21.3 Å². The summed E-state index contributed by atoms with van der Waals surface area (Å²) in [5.74, 6) is -4.91. The minimum absolute atomic E-state index is 0.0286. The van der Waals surface area contributed by atoms with Crippen LogP contribution in [0.4, 0.5) is 14.9 Å². The monoisotopic (exact) mass is 981 g/mol. The molecule has 19 heteroatoms. The van der Waals surface area contributed by atoms with Crippen molar-refractivity contribution in [3.8, 4) is 0 Å². The van der Waals surface area contributed by atoms with Gasteiger partial charge in [0.2, 0.25) is 29.5 Å². The van der Waals surface area contributed by atoms with Crippen molar-refractivity contribution >= 4 is 69.1 Å². The highest BCUT2D eigenvalue weighted by Crippen LogP contribution is 2.29. The van der Waals surface area contributed by atoms with E-state index in [0.29, 0.717) is 42.1 Å². The first-order chi connectivity index (χ1) is 31.5. The number of ether oxygens (including phenoxy) is 2. The lowest BCUT2D eigenvalue weighted by molar-refractivity contribution is -0.155. The van der Waals surface area contributed by atoms with Gasteiger partial charge in [-0.2, -0.15) is 0 Å². The lowest BCUT2D eigenvalue weighted by Gasteiger charge is -2.39. The Hall–Kier alpha value is -5.59. The molecule has 0 saturated carbocycles. The van der Waals surface area contributed by atoms with Crippen LogP contribution in [0.25, 0.3) is 0 Å². The van der Waals surface area contributed by atoms with Crippen LogP contribution in [0.15, 0.2) is 42.5 Å². The normalized spacial score (nSPS) is 25.9. The maximum atomic E-state index is 15.0. The molecule has 4 saturated heterocycles. The van der Waals surface area contributed by atoms with Gasteiger partial charge in [-0.15, -0.1) is 0 Å². The quantitative estimate of drug-likeness (QED) is 0.200. The Bertz CT molecular complexity index is 2160. The molecular weight excluding hydrogens is 921 g/mol. The SMILES string of the molecule is Cc1cccc(C[C@H](NC(=O)Nc2ccc(C)cc2F)C(=O)N[C@H]2CCCOC(=O)[C@@H]3C[C@@H](C)CN3C(=O)[C@H](C)NC(=O)[C@@H]3CCCCN3C(=O)[C@@H]3C[C@@H](OC(=O)CCCBr)CN3C2=O)c1. The first-order valence-electron chi connectivity index (χ1n) is 22.9. The van der Waals surface area contributed by atoms with E-state index in [4.69, 9.17) is 9.47 Å². The van der Waals surface area contributed by atoms with Crippen molar-refractivity contribution < 1.29 is 52.2 Å². The number of alkyl halides is 1. The van der Waals surface area contributed by atoms with E-state index in [1.165, 1.54) is 33.8 Å². The number of carbonyl (C=O) groups is 8. The fourth-order valence-corrected chi connectivity index (χ4v) is 9.50. The van der Waals surface area contributed by atoms with Crippen molar-refractivity contribution in [3.63, 3.8) is 0 Å². The number of nitrogens with zero attached hydrogens (tertiary/aromatic N) is 3. The van der Waals surface area contributed by atoms with Crippen LogP contribution in [-0.4, -0.2) is 136 Å². The molecule has 8 atom stereocenters. The van der Waals surface area contributed by atoms with Gasteiger partial charge in [0.25, 0.3) is 0 Å². The number of carbonyl (C=O) groups excluding carboxylic acids is 8. The topological polar surface area (TPSA) is 213 Å². The zero-order valence-corrected chi connectivity index (χ0v) is 39.5. The summed E-state index contributed by atoms with van der Waals surface area (Å²) in [6.45, 7) is 7.08. The molecule has 358 valence electrons. The number of halogens is 2. The van der Waals surface area contributed by atoms with E-state index in [0.717, 1.165) is 5.56 Å². The van der Waals surface area contributed by atoms with Crippen LogP contribution >= 0.6 is 15.9 Å². The molecule has 0 unspecified atom stereocenters. The van der Waals surface area contributed by atoms with Crippen molar-refractivity contribution in [2.24, 2.45) is 5.92 Å². The summed E-state index contributed by atoms with van der Waals surface area (Å²) in [7, 11) is 0. The number of rotatable bonds is 10. The average Bonchev–Trinajstić information content (AvgIpc) is 3.89. The van der Waals surface area contributed by atoms with E-state index in [1.807, 2.05) is 26.0 Å². The molecule has 0 aliphatic carbocycles. The van der Waals surface area contributed by atoms with Gasteiger partial charge in [0.05, 0.1) is 18.8 Å². The molecule has 17 nitrogen and oxygen atoms in total. The third-order valence-corrected chi connectivity index (χ3v) is 13.1. The van der Waals surface area contributed by atoms with E-state index in [2.05, 4.69) is 37.2 Å². The molecule has 0 bridgehead atoms. The Kier molecular flexibility index (Phi) is 17.2. The van der Waals surface area contributed by atoms with Crippen LogP contribution in [0.3, 0.4) is 0 Å². The molecule has 0 radical (unpaired) electrons. The van der Waals surface area contributed by atoms with Crippen LogP contribution in [0.1, 0.15) is 88.3 Å². The number of hydrogen-bond donors (Lipinski definition) is 4. The van der Waals surface area contributed by atoms with Crippen LogP contribution in [-0.2, 0) is 49.5 Å². The number of anilines is 1. The number of amides is 7. The molecule has 2 aromatic carbocycles. The summed E-state index contributed by atoms with van der Waals surface area (Å²) in [5, 5.41) is 11.2. The van der Waals surface area contributed by atoms with E-state index >= 15 is 4.79 Å². The number of nitrogens with one attached hydrogen (secondary N) is 4.